The van der Waals surface area contributed by atoms with Gasteiger partial charge in [0, 0.05) is 24.7 Å². The Kier molecular flexibility index (Phi) is 5.24. The Morgan fingerprint density at radius 3 is 2.76 bits per heavy atom. The predicted molar refractivity (Wildman–Crippen MR) is 94.0 cm³/mol. The number of rotatable bonds is 5. The molecule has 1 aromatic carbocycles. The lowest BCUT2D eigenvalue weighted by molar-refractivity contribution is 0.0665. The molecule has 1 N–H and O–H groups in total. The SMILES string of the molecule is CNC1CCCN(C(=O)c2occc2CS(=O)(=O)c2ccccc2)C1. The molecule has 1 saturated heterocycles. The predicted octanol–water partition coefficient (Wildman–Crippen LogP) is 2.08. The van der Waals surface area contributed by atoms with Gasteiger partial charge < -0.3 is 14.6 Å². The number of carbonyl (C=O) groups is 1. The standard InChI is InChI=1S/C18H22N2O4S/c1-19-15-6-5-10-20(12-15)18(21)17-14(9-11-24-17)13-25(22,23)16-7-3-2-4-8-16/h2-4,7-9,11,15,19H,5-6,10,12-13H2,1H3. The van der Waals surface area contributed by atoms with Gasteiger partial charge in [0.15, 0.2) is 15.6 Å². The van der Waals surface area contributed by atoms with Crippen LogP contribution >= 0.6 is 0 Å². The van der Waals surface area contributed by atoms with E-state index in [0.29, 0.717) is 18.7 Å². The van der Waals surface area contributed by atoms with Crippen LogP contribution in [-0.4, -0.2) is 45.4 Å². The highest BCUT2D eigenvalue weighted by molar-refractivity contribution is 7.90. The van der Waals surface area contributed by atoms with E-state index in [2.05, 4.69) is 5.32 Å². The Morgan fingerprint density at radius 1 is 1.28 bits per heavy atom. The third-order valence-corrected chi connectivity index (χ3v) is 6.19. The van der Waals surface area contributed by atoms with Crippen LogP contribution in [0.3, 0.4) is 0 Å². The molecule has 0 aliphatic carbocycles. The van der Waals surface area contributed by atoms with Crippen LogP contribution in [0.2, 0.25) is 0 Å². The monoisotopic (exact) mass is 362 g/mol. The first-order valence-corrected chi connectivity index (χ1v) is 9.97. The summed E-state index contributed by atoms with van der Waals surface area (Å²) in [5.74, 6) is -0.378. The van der Waals surface area contributed by atoms with Gasteiger partial charge >= 0.3 is 0 Å². The van der Waals surface area contributed by atoms with Crippen molar-refractivity contribution in [3.05, 3.63) is 54.0 Å². The number of nitrogens with zero attached hydrogens (tertiary/aromatic N) is 1. The zero-order valence-corrected chi connectivity index (χ0v) is 15.0. The molecule has 2 heterocycles. The van der Waals surface area contributed by atoms with E-state index in [0.717, 1.165) is 12.8 Å². The Labute approximate surface area is 147 Å². The van der Waals surface area contributed by atoms with E-state index in [1.54, 1.807) is 41.3 Å². The molecular weight excluding hydrogens is 340 g/mol. The fraction of sp³-hybridized carbons (Fsp3) is 0.389. The molecule has 1 atom stereocenters. The lowest BCUT2D eigenvalue weighted by Crippen LogP contribution is -2.47. The molecule has 1 unspecified atom stereocenters. The minimum Gasteiger partial charge on any atom is -0.459 e. The number of furan rings is 1. The third-order valence-electron chi connectivity index (χ3n) is 4.51. The van der Waals surface area contributed by atoms with Crippen molar-refractivity contribution in [1.29, 1.82) is 0 Å². The number of carbonyl (C=O) groups excluding carboxylic acids is 1. The van der Waals surface area contributed by atoms with Crippen LogP contribution in [0.15, 0.2) is 52.0 Å². The van der Waals surface area contributed by atoms with Gasteiger partial charge in [-0.15, -0.1) is 0 Å². The molecule has 0 saturated carbocycles. The summed E-state index contributed by atoms with van der Waals surface area (Å²) < 4.78 is 30.5. The molecule has 1 aromatic heterocycles. The van der Waals surface area contributed by atoms with Crippen LogP contribution in [0, 0.1) is 0 Å². The van der Waals surface area contributed by atoms with Crippen molar-refractivity contribution >= 4 is 15.7 Å². The van der Waals surface area contributed by atoms with Crippen molar-refractivity contribution in [2.24, 2.45) is 0 Å². The lowest BCUT2D eigenvalue weighted by Gasteiger charge is -2.32. The molecule has 0 spiro atoms. The van der Waals surface area contributed by atoms with Gasteiger partial charge in [-0.25, -0.2) is 8.42 Å². The number of piperidine rings is 1. The molecule has 0 radical (unpaired) electrons. The van der Waals surface area contributed by atoms with Gasteiger partial charge in [-0.05, 0) is 38.1 Å². The first kappa shape index (κ1) is 17.7. The summed E-state index contributed by atoms with van der Waals surface area (Å²) in [7, 11) is -1.65. The number of likely N-dealkylation sites (N-methyl/N-ethyl adjacent to an activating group) is 1. The van der Waals surface area contributed by atoms with E-state index in [9.17, 15) is 13.2 Å². The molecule has 1 aliphatic heterocycles. The van der Waals surface area contributed by atoms with Gasteiger partial charge in [0.25, 0.3) is 5.91 Å². The lowest BCUT2D eigenvalue weighted by atomic mass is 10.1. The van der Waals surface area contributed by atoms with Crippen LogP contribution in [0.25, 0.3) is 0 Å². The fourth-order valence-electron chi connectivity index (χ4n) is 3.09. The van der Waals surface area contributed by atoms with Crippen molar-refractivity contribution < 1.29 is 17.6 Å². The molecule has 0 bridgehead atoms. The molecule has 7 heteroatoms. The van der Waals surface area contributed by atoms with Gasteiger partial charge in [-0.3, -0.25) is 4.79 Å². The molecule has 1 fully saturated rings. The summed E-state index contributed by atoms with van der Waals surface area (Å²) in [5.41, 5.74) is 0.403. The first-order valence-electron chi connectivity index (χ1n) is 8.32. The van der Waals surface area contributed by atoms with Crippen LogP contribution < -0.4 is 5.32 Å². The van der Waals surface area contributed by atoms with Crippen molar-refractivity contribution in [3.8, 4) is 0 Å². The number of nitrogens with one attached hydrogen (secondary N) is 1. The zero-order chi connectivity index (χ0) is 17.9. The number of hydrogen-bond acceptors (Lipinski definition) is 5. The average Bonchev–Trinajstić information content (AvgIpc) is 3.09. The Bertz CT molecular complexity index is 830. The van der Waals surface area contributed by atoms with E-state index in [1.165, 1.54) is 6.26 Å². The summed E-state index contributed by atoms with van der Waals surface area (Å²) in [6.45, 7) is 1.25. The van der Waals surface area contributed by atoms with Crippen LogP contribution in [0.5, 0.6) is 0 Å². The summed E-state index contributed by atoms with van der Waals surface area (Å²) >= 11 is 0. The Balaban J connectivity index is 1.80. The highest BCUT2D eigenvalue weighted by Gasteiger charge is 2.28. The van der Waals surface area contributed by atoms with Gasteiger partial charge in [0.05, 0.1) is 16.9 Å². The van der Waals surface area contributed by atoms with Crippen molar-refractivity contribution in [2.45, 2.75) is 29.5 Å². The third kappa shape index (κ3) is 3.93. The second kappa shape index (κ2) is 7.41. The smallest absolute Gasteiger partial charge is 0.289 e. The van der Waals surface area contributed by atoms with Crippen molar-refractivity contribution in [3.63, 3.8) is 0 Å². The maximum absolute atomic E-state index is 12.8. The van der Waals surface area contributed by atoms with Crippen LogP contribution in [-0.2, 0) is 15.6 Å². The van der Waals surface area contributed by atoms with Gasteiger partial charge in [0.1, 0.15) is 0 Å². The quantitative estimate of drug-likeness (QED) is 0.881. The zero-order valence-electron chi connectivity index (χ0n) is 14.1. The number of amides is 1. The van der Waals surface area contributed by atoms with Gasteiger partial charge in [-0.2, -0.15) is 0 Å². The largest absolute Gasteiger partial charge is 0.459 e. The van der Waals surface area contributed by atoms with E-state index < -0.39 is 9.84 Å². The molecule has 2 aromatic rings. The topological polar surface area (TPSA) is 79.6 Å². The second-order valence-electron chi connectivity index (χ2n) is 6.23. The molecule has 25 heavy (non-hydrogen) atoms. The Hall–Kier alpha value is -2.12. The maximum atomic E-state index is 12.8. The van der Waals surface area contributed by atoms with Gasteiger partial charge in [0.2, 0.25) is 0 Å². The first-order chi connectivity index (χ1) is 12.0. The molecular formula is C18H22N2O4S. The summed E-state index contributed by atoms with van der Waals surface area (Å²) in [6.07, 6.45) is 3.31. The average molecular weight is 362 g/mol. The molecule has 134 valence electrons. The van der Waals surface area contributed by atoms with E-state index >= 15 is 0 Å². The van der Waals surface area contributed by atoms with Crippen molar-refractivity contribution in [1.82, 2.24) is 10.2 Å². The van der Waals surface area contributed by atoms with Crippen LogP contribution in [0.1, 0.15) is 29.0 Å². The number of hydrogen-bond donors (Lipinski definition) is 1. The van der Waals surface area contributed by atoms with E-state index in [-0.39, 0.29) is 28.4 Å². The molecule has 1 aliphatic rings. The number of benzene rings is 1. The number of sulfone groups is 1. The number of likely N-dealkylation sites (tertiary alicyclic amines) is 1. The minimum absolute atomic E-state index is 0.122. The summed E-state index contributed by atoms with van der Waals surface area (Å²) in [4.78, 5) is 14.7. The van der Waals surface area contributed by atoms with E-state index in [1.807, 2.05) is 7.05 Å². The van der Waals surface area contributed by atoms with Gasteiger partial charge in [-0.1, -0.05) is 18.2 Å². The highest BCUT2D eigenvalue weighted by Crippen LogP contribution is 2.22. The molecule has 6 nitrogen and oxygen atoms in total. The fourth-order valence-corrected chi connectivity index (χ4v) is 4.47. The molecule has 3 rings (SSSR count). The Morgan fingerprint density at radius 2 is 2.04 bits per heavy atom. The summed E-state index contributed by atoms with van der Waals surface area (Å²) in [6, 6.07) is 10.1. The minimum atomic E-state index is -3.53. The van der Waals surface area contributed by atoms with Crippen LogP contribution in [0.4, 0.5) is 0 Å². The summed E-state index contributed by atoms with van der Waals surface area (Å²) in [5, 5.41) is 3.19. The van der Waals surface area contributed by atoms with Crippen molar-refractivity contribution in [2.75, 3.05) is 20.1 Å². The normalized spacial score (nSPS) is 18.3. The highest BCUT2D eigenvalue weighted by atomic mass is 32.2. The second-order valence-corrected chi connectivity index (χ2v) is 8.22. The van der Waals surface area contributed by atoms with E-state index in [4.69, 9.17) is 4.42 Å². The maximum Gasteiger partial charge on any atom is 0.289 e. The molecule has 1 amide bonds.